The molecule has 0 spiro atoms. The lowest BCUT2D eigenvalue weighted by atomic mass is 10.1. The molecule has 0 aliphatic rings. The predicted octanol–water partition coefficient (Wildman–Crippen LogP) is 3.83. The molecule has 1 N–H and O–H groups in total. The van der Waals surface area contributed by atoms with Gasteiger partial charge in [0.15, 0.2) is 0 Å². The highest BCUT2D eigenvalue weighted by molar-refractivity contribution is 9.10. The first-order chi connectivity index (χ1) is 7.83. The molecule has 0 bridgehead atoms. The summed E-state index contributed by atoms with van der Waals surface area (Å²) in [4.78, 5) is 0. The van der Waals surface area contributed by atoms with Gasteiger partial charge in [0.05, 0.1) is 0 Å². The second kappa shape index (κ2) is 5.28. The van der Waals surface area contributed by atoms with Crippen LogP contribution in [0.2, 0.25) is 0 Å². The average molecular weight is 276 g/mol. The molecule has 0 saturated carbocycles. The molecule has 0 fully saturated rings. The van der Waals surface area contributed by atoms with Crippen molar-refractivity contribution >= 4 is 32.8 Å². The van der Waals surface area contributed by atoms with Gasteiger partial charge >= 0.3 is 0 Å². The molecular weight excluding hydrogens is 262 g/mol. The van der Waals surface area contributed by atoms with Gasteiger partial charge in [0.1, 0.15) is 0 Å². The van der Waals surface area contributed by atoms with Crippen LogP contribution in [0.3, 0.4) is 0 Å². The van der Waals surface area contributed by atoms with Crippen molar-refractivity contribution in [3.8, 4) is 0 Å². The summed E-state index contributed by atoms with van der Waals surface area (Å²) < 4.78 is 1.16. The van der Waals surface area contributed by atoms with Crippen LogP contribution in [0.15, 0.2) is 46.9 Å². The third-order valence-electron chi connectivity index (χ3n) is 2.51. The highest BCUT2D eigenvalue weighted by Gasteiger charge is 2.01. The second-order valence-electron chi connectivity index (χ2n) is 3.65. The van der Waals surface area contributed by atoms with Crippen LogP contribution in [-0.2, 0) is 0 Å². The van der Waals surface area contributed by atoms with Crippen molar-refractivity contribution in [1.29, 1.82) is 0 Å². The Morgan fingerprint density at radius 2 is 2.00 bits per heavy atom. The molecule has 2 aromatic rings. The van der Waals surface area contributed by atoms with Crippen molar-refractivity contribution < 1.29 is 0 Å². The van der Waals surface area contributed by atoms with Gasteiger partial charge in [-0.25, -0.2) is 0 Å². The van der Waals surface area contributed by atoms with E-state index < -0.39 is 0 Å². The highest BCUT2D eigenvalue weighted by Crippen LogP contribution is 2.28. The zero-order valence-corrected chi connectivity index (χ0v) is 10.8. The van der Waals surface area contributed by atoms with Crippen LogP contribution in [0.1, 0.15) is 5.56 Å². The Hall–Kier alpha value is -1.12. The van der Waals surface area contributed by atoms with E-state index in [0.717, 1.165) is 11.0 Å². The Morgan fingerprint density at radius 3 is 2.81 bits per heavy atom. The number of benzene rings is 2. The van der Waals surface area contributed by atoms with Crippen molar-refractivity contribution in [2.24, 2.45) is 0 Å². The summed E-state index contributed by atoms with van der Waals surface area (Å²) in [6, 6.07) is 12.7. The van der Waals surface area contributed by atoms with Crippen molar-refractivity contribution in [1.82, 2.24) is 5.32 Å². The molecule has 0 radical (unpaired) electrons. The molecule has 0 aromatic heterocycles. The van der Waals surface area contributed by atoms with Crippen molar-refractivity contribution in [2.75, 3.05) is 13.6 Å². The topological polar surface area (TPSA) is 12.0 Å². The summed E-state index contributed by atoms with van der Waals surface area (Å²) in [5.74, 6) is 0. The molecule has 0 unspecified atom stereocenters. The van der Waals surface area contributed by atoms with Crippen LogP contribution >= 0.6 is 15.9 Å². The quantitative estimate of drug-likeness (QED) is 0.898. The molecule has 0 atom stereocenters. The summed E-state index contributed by atoms with van der Waals surface area (Å²) in [7, 11) is 1.94. The number of likely N-dealkylation sites (N-methyl/N-ethyl adjacent to an activating group) is 1. The summed E-state index contributed by atoms with van der Waals surface area (Å²) in [5.41, 5.74) is 1.22. The second-order valence-corrected chi connectivity index (χ2v) is 4.44. The Bertz CT molecular complexity index is 517. The van der Waals surface area contributed by atoms with E-state index in [-0.39, 0.29) is 0 Å². The smallest absolute Gasteiger partial charge is 0.0326 e. The number of rotatable bonds is 3. The third kappa shape index (κ3) is 2.34. The number of halogens is 1. The number of fused-ring (bicyclic) bond motifs is 1. The van der Waals surface area contributed by atoms with Crippen molar-refractivity contribution in [3.63, 3.8) is 0 Å². The highest BCUT2D eigenvalue weighted by atomic mass is 79.9. The normalized spacial score (nSPS) is 11.4. The monoisotopic (exact) mass is 275 g/mol. The molecule has 1 nitrogen and oxygen atoms in total. The molecule has 0 aliphatic heterocycles. The fourth-order valence-corrected chi connectivity index (χ4v) is 2.31. The maximum atomic E-state index is 3.66. The standard InChI is InChI=1S/C14H14BrN/c1-16-10-4-6-12-9-8-11-5-2-3-7-13(11)14(12)15/h2-9,16H,10H2,1H3. The average Bonchev–Trinajstić information content (AvgIpc) is 2.33. The zero-order chi connectivity index (χ0) is 11.4. The minimum Gasteiger partial charge on any atom is -0.316 e. The van der Waals surface area contributed by atoms with Gasteiger partial charge in [0.2, 0.25) is 0 Å². The first-order valence-electron chi connectivity index (χ1n) is 5.31. The minimum absolute atomic E-state index is 0.888. The van der Waals surface area contributed by atoms with Crippen LogP contribution in [-0.4, -0.2) is 13.6 Å². The van der Waals surface area contributed by atoms with E-state index in [1.54, 1.807) is 0 Å². The lowest BCUT2D eigenvalue weighted by molar-refractivity contribution is 0.922. The third-order valence-corrected chi connectivity index (χ3v) is 3.40. The Kier molecular flexibility index (Phi) is 3.75. The largest absolute Gasteiger partial charge is 0.316 e. The molecule has 2 rings (SSSR count). The van der Waals surface area contributed by atoms with E-state index in [1.165, 1.54) is 16.3 Å². The SMILES string of the molecule is CNCC=Cc1ccc2ccccc2c1Br. The molecule has 82 valence electrons. The van der Waals surface area contributed by atoms with Gasteiger partial charge in [0, 0.05) is 11.0 Å². The van der Waals surface area contributed by atoms with E-state index in [4.69, 9.17) is 0 Å². The van der Waals surface area contributed by atoms with Gasteiger partial charge in [-0.3, -0.25) is 0 Å². The fraction of sp³-hybridized carbons (Fsp3) is 0.143. The number of hydrogen-bond acceptors (Lipinski definition) is 1. The van der Waals surface area contributed by atoms with Gasteiger partial charge in [-0.1, -0.05) is 48.6 Å². The van der Waals surface area contributed by atoms with E-state index in [1.807, 2.05) is 7.05 Å². The lowest BCUT2D eigenvalue weighted by Gasteiger charge is -2.04. The molecule has 0 heterocycles. The predicted molar refractivity (Wildman–Crippen MR) is 74.6 cm³/mol. The molecule has 2 heteroatoms. The van der Waals surface area contributed by atoms with Gasteiger partial charge in [-0.15, -0.1) is 0 Å². The molecule has 0 saturated heterocycles. The van der Waals surface area contributed by atoms with Gasteiger partial charge in [0.25, 0.3) is 0 Å². The van der Waals surface area contributed by atoms with Crippen LogP contribution in [0.5, 0.6) is 0 Å². The van der Waals surface area contributed by atoms with E-state index >= 15 is 0 Å². The summed E-state index contributed by atoms with van der Waals surface area (Å²) in [6.07, 6.45) is 4.25. The maximum absolute atomic E-state index is 3.66. The first-order valence-corrected chi connectivity index (χ1v) is 6.10. The van der Waals surface area contributed by atoms with Crippen LogP contribution in [0.25, 0.3) is 16.8 Å². The van der Waals surface area contributed by atoms with Gasteiger partial charge < -0.3 is 5.32 Å². The molecule has 0 aliphatic carbocycles. The molecule has 0 amide bonds. The van der Waals surface area contributed by atoms with E-state index in [9.17, 15) is 0 Å². The minimum atomic E-state index is 0.888. The number of nitrogens with one attached hydrogen (secondary N) is 1. The molecule has 2 aromatic carbocycles. The van der Waals surface area contributed by atoms with Gasteiger partial charge in [-0.05, 0) is 39.3 Å². The van der Waals surface area contributed by atoms with Crippen molar-refractivity contribution in [3.05, 3.63) is 52.5 Å². The summed E-state index contributed by atoms with van der Waals surface area (Å²) >= 11 is 3.66. The van der Waals surface area contributed by atoms with Crippen LogP contribution < -0.4 is 5.32 Å². The maximum Gasteiger partial charge on any atom is 0.0326 e. The van der Waals surface area contributed by atoms with Crippen LogP contribution in [0, 0.1) is 0 Å². The summed E-state index contributed by atoms with van der Waals surface area (Å²) in [6.45, 7) is 0.888. The fourth-order valence-electron chi connectivity index (χ4n) is 1.68. The zero-order valence-electron chi connectivity index (χ0n) is 9.20. The van der Waals surface area contributed by atoms with E-state index in [0.29, 0.717) is 0 Å². The van der Waals surface area contributed by atoms with Crippen LogP contribution in [0.4, 0.5) is 0 Å². The van der Waals surface area contributed by atoms with E-state index in [2.05, 4.69) is 69.8 Å². The Labute approximate surface area is 104 Å². The van der Waals surface area contributed by atoms with Gasteiger partial charge in [-0.2, -0.15) is 0 Å². The Morgan fingerprint density at radius 1 is 1.19 bits per heavy atom. The molecule has 16 heavy (non-hydrogen) atoms. The lowest BCUT2D eigenvalue weighted by Crippen LogP contribution is -2.03. The summed E-state index contributed by atoms with van der Waals surface area (Å²) in [5, 5.41) is 5.61. The Balaban J connectivity index is 2.44. The first kappa shape index (κ1) is 11.4. The van der Waals surface area contributed by atoms with Crippen molar-refractivity contribution in [2.45, 2.75) is 0 Å². The number of hydrogen-bond donors (Lipinski definition) is 1. The molecular formula is C14H14BrN.